The molecule has 11 heavy (non-hydrogen) atoms. The summed E-state index contributed by atoms with van der Waals surface area (Å²) in [7, 11) is 0. The number of rotatable bonds is 3. The highest BCUT2D eigenvalue weighted by molar-refractivity contribution is 5.62. The van der Waals surface area contributed by atoms with Gasteiger partial charge in [0.1, 0.15) is 12.2 Å². The number of ether oxygens (including phenoxy) is 2. The molecule has 1 aliphatic heterocycles. The Balaban J connectivity index is 2.54. The van der Waals surface area contributed by atoms with Crippen LogP contribution in [0.3, 0.4) is 0 Å². The molecule has 1 unspecified atom stereocenters. The molecule has 1 aliphatic rings. The Morgan fingerprint density at radius 1 is 1.55 bits per heavy atom. The van der Waals surface area contributed by atoms with Gasteiger partial charge in [0, 0.05) is 0 Å². The average Bonchev–Trinajstić information content (AvgIpc) is 2.34. The Kier molecular flexibility index (Phi) is 2.37. The van der Waals surface area contributed by atoms with E-state index in [9.17, 15) is 4.79 Å². The molecule has 0 N–H and O–H groups in total. The maximum atomic E-state index is 10.6. The number of hydrogen-bond donors (Lipinski definition) is 0. The molecular weight excluding hydrogens is 144 g/mol. The quantitative estimate of drug-likeness (QED) is 0.590. The topological polar surface area (TPSA) is 35.5 Å². The predicted octanol–water partition coefficient (Wildman–Crippen LogP) is 2.10. The van der Waals surface area contributed by atoms with Gasteiger partial charge >= 0.3 is 6.16 Å². The van der Waals surface area contributed by atoms with Crippen LogP contribution in [0.1, 0.15) is 33.1 Å². The first-order valence-corrected chi connectivity index (χ1v) is 4.08. The fourth-order valence-electron chi connectivity index (χ4n) is 1.36. The van der Waals surface area contributed by atoms with Crippen LogP contribution in [0.2, 0.25) is 0 Å². The zero-order valence-electron chi connectivity index (χ0n) is 7.05. The second kappa shape index (κ2) is 3.11. The standard InChI is InChI=1S/C8H14O3/c1-3-5-8(4-2)6-10-7(9)11-8/h3-6H2,1-2H3. The lowest BCUT2D eigenvalue weighted by molar-refractivity contribution is 0.0458. The molecule has 0 aromatic carbocycles. The molecule has 64 valence electrons. The van der Waals surface area contributed by atoms with E-state index in [0.29, 0.717) is 6.61 Å². The maximum absolute atomic E-state index is 10.6. The van der Waals surface area contributed by atoms with Crippen molar-refractivity contribution in [2.24, 2.45) is 0 Å². The van der Waals surface area contributed by atoms with Crippen LogP contribution in [-0.4, -0.2) is 18.4 Å². The Hall–Kier alpha value is -0.730. The molecule has 0 bridgehead atoms. The van der Waals surface area contributed by atoms with Crippen LogP contribution in [-0.2, 0) is 9.47 Å². The van der Waals surface area contributed by atoms with Crippen LogP contribution in [0.25, 0.3) is 0 Å². The van der Waals surface area contributed by atoms with E-state index in [0.717, 1.165) is 19.3 Å². The minimum atomic E-state index is -0.514. The largest absolute Gasteiger partial charge is 0.509 e. The molecule has 0 aliphatic carbocycles. The third kappa shape index (κ3) is 1.64. The van der Waals surface area contributed by atoms with Crippen molar-refractivity contribution in [3.05, 3.63) is 0 Å². The van der Waals surface area contributed by atoms with Gasteiger partial charge in [0.25, 0.3) is 0 Å². The van der Waals surface area contributed by atoms with Crippen LogP contribution < -0.4 is 0 Å². The summed E-state index contributed by atoms with van der Waals surface area (Å²) < 4.78 is 9.83. The highest BCUT2D eigenvalue weighted by Gasteiger charge is 2.39. The summed E-state index contributed by atoms with van der Waals surface area (Å²) in [6, 6.07) is 0. The van der Waals surface area contributed by atoms with E-state index in [4.69, 9.17) is 9.47 Å². The van der Waals surface area contributed by atoms with Crippen LogP contribution in [0.4, 0.5) is 4.79 Å². The van der Waals surface area contributed by atoms with Gasteiger partial charge in [-0.25, -0.2) is 4.79 Å². The average molecular weight is 158 g/mol. The second-order valence-electron chi connectivity index (χ2n) is 2.93. The summed E-state index contributed by atoms with van der Waals surface area (Å²) in [5.74, 6) is 0. The molecule has 0 amide bonds. The summed E-state index contributed by atoms with van der Waals surface area (Å²) >= 11 is 0. The molecule has 3 heteroatoms. The van der Waals surface area contributed by atoms with Crippen molar-refractivity contribution in [2.45, 2.75) is 38.7 Å². The summed E-state index contributed by atoms with van der Waals surface area (Å²) in [5, 5.41) is 0. The van der Waals surface area contributed by atoms with E-state index >= 15 is 0 Å². The molecule has 1 saturated heterocycles. The first kappa shape index (κ1) is 8.37. The molecule has 0 saturated carbocycles. The van der Waals surface area contributed by atoms with Gasteiger partial charge in [-0.15, -0.1) is 0 Å². The number of carbonyl (C=O) groups excluding carboxylic acids is 1. The van der Waals surface area contributed by atoms with E-state index < -0.39 is 6.16 Å². The molecule has 3 nitrogen and oxygen atoms in total. The van der Waals surface area contributed by atoms with Crippen molar-refractivity contribution in [2.75, 3.05) is 6.61 Å². The van der Waals surface area contributed by atoms with Gasteiger partial charge in [-0.1, -0.05) is 20.3 Å². The third-order valence-corrected chi connectivity index (χ3v) is 2.10. The van der Waals surface area contributed by atoms with Gasteiger partial charge in [-0.2, -0.15) is 0 Å². The van der Waals surface area contributed by atoms with E-state index in [1.807, 2.05) is 6.92 Å². The normalized spacial score (nSPS) is 29.8. The summed E-state index contributed by atoms with van der Waals surface area (Å²) in [4.78, 5) is 10.6. The maximum Gasteiger partial charge on any atom is 0.509 e. The van der Waals surface area contributed by atoms with Gasteiger partial charge < -0.3 is 9.47 Å². The van der Waals surface area contributed by atoms with Gasteiger partial charge in [0.2, 0.25) is 0 Å². The Morgan fingerprint density at radius 2 is 2.27 bits per heavy atom. The first-order valence-electron chi connectivity index (χ1n) is 4.08. The highest BCUT2D eigenvalue weighted by atomic mass is 16.8. The van der Waals surface area contributed by atoms with E-state index in [1.165, 1.54) is 0 Å². The van der Waals surface area contributed by atoms with Gasteiger partial charge in [-0.05, 0) is 12.8 Å². The SMILES string of the molecule is CCCC1(CC)COC(=O)O1. The zero-order chi connectivity index (χ0) is 8.32. The molecule has 0 aromatic rings. The molecule has 1 heterocycles. The summed E-state index contributed by atoms with van der Waals surface area (Å²) in [6.07, 6.45) is 2.24. The van der Waals surface area contributed by atoms with Crippen molar-refractivity contribution in [1.29, 1.82) is 0 Å². The monoisotopic (exact) mass is 158 g/mol. The summed E-state index contributed by atoms with van der Waals surface area (Å²) in [6.45, 7) is 4.51. The van der Waals surface area contributed by atoms with Crippen LogP contribution in [0.15, 0.2) is 0 Å². The van der Waals surface area contributed by atoms with Crippen molar-refractivity contribution in [3.8, 4) is 0 Å². The smallest absolute Gasteiger partial charge is 0.430 e. The lowest BCUT2D eigenvalue weighted by atomic mass is 9.96. The lowest BCUT2D eigenvalue weighted by Gasteiger charge is -2.21. The van der Waals surface area contributed by atoms with Crippen LogP contribution in [0, 0.1) is 0 Å². The van der Waals surface area contributed by atoms with Crippen molar-refractivity contribution in [3.63, 3.8) is 0 Å². The van der Waals surface area contributed by atoms with Gasteiger partial charge in [-0.3, -0.25) is 0 Å². The molecular formula is C8H14O3. The molecule has 0 aromatic heterocycles. The van der Waals surface area contributed by atoms with Crippen LogP contribution >= 0.6 is 0 Å². The lowest BCUT2D eigenvalue weighted by Crippen LogP contribution is -2.30. The van der Waals surface area contributed by atoms with E-state index in [2.05, 4.69) is 6.92 Å². The number of hydrogen-bond acceptors (Lipinski definition) is 3. The molecule has 1 rings (SSSR count). The second-order valence-corrected chi connectivity index (χ2v) is 2.93. The van der Waals surface area contributed by atoms with Gasteiger partial charge in [0.05, 0.1) is 0 Å². The van der Waals surface area contributed by atoms with E-state index in [1.54, 1.807) is 0 Å². The Labute approximate surface area is 66.7 Å². The Morgan fingerprint density at radius 3 is 2.64 bits per heavy atom. The van der Waals surface area contributed by atoms with Crippen molar-refractivity contribution in [1.82, 2.24) is 0 Å². The molecule has 0 spiro atoms. The highest BCUT2D eigenvalue weighted by Crippen LogP contribution is 2.28. The number of carbonyl (C=O) groups is 1. The van der Waals surface area contributed by atoms with Gasteiger partial charge in [0.15, 0.2) is 0 Å². The van der Waals surface area contributed by atoms with Crippen molar-refractivity contribution >= 4 is 6.16 Å². The minimum absolute atomic E-state index is 0.314. The third-order valence-electron chi connectivity index (χ3n) is 2.10. The Bertz CT molecular complexity index is 155. The zero-order valence-corrected chi connectivity index (χ0v) is 7.05. The molecule has 1 atom stereocenters. The minimum Gasteiger partial charge on any atom is -0.430 e. The van der Waals surface area contributed by atoms with Crippen molar-refractivity contribution < 1.29 is 14.3 Å². The van der Waals surface area contributed by atoms with Crippen LogP contribution in [0.5, 0.6) is 0 Å². The molecule has 0 radical (unpaired) electrons. The fourth-order valence-corrected chi connectivity index (χ4v) is 1.36. The fraction of sp³-hybridized carbons (Fsp3) is 0.875. The summed E-state index contributed by atoms with van der Waals surface area (Å²) in [5.41, 5.74) is -0.314. The van der Waals surface area contributed by atoms with E-state index in [-0.39, 0.29) is 5.60 Å². The predicted molar refractivity (Wildman–Crippen MR) is 40.4 cm³/mol. The number of cyclic esters (lactones) is 2. The first-order chi connectivity index (χ1) is 5.22. The molecule has 1 fully saturated rings.